The highest BCUT2D eigenvalue weighted by Crippen LogP contribution is 2.40. The Hall–Kier alpha value is -5.22. The number of carbonyl (C=O) groups excluding carboxylic acids is 3. The number of rotatable bonds is 5. The molecule has 2 saturated heterocycles. The van der Waals surface area contributed by atoms with Gasteiger partial charge in [-0.1, -0.05) is 53.5 Å². The lowest BCUT2D eigenvalue weighted by molar-refractivity contribution is 0.0754. The summed E-state index contributed by atoms with van der Waals surface area (Å²) >= 11 is 14.6. The molecule has 2 aliphatic heterocycles. The Kier molecular flexibility index (Phi) is 15.0. The molecule has 5 amide bonds. The second kappa shape index (κ2) is 20.5. The predicted octanol–water partition coefficient (Wildman–Crippen LogP) is 8.61. The third kappa shape index (κ3) is 12.1. The van der Waals surface area contributed by atoms with E-state index in [1.807, 2.05) is 35.7 Å². The first-order chi connectivity index (χ1) is 28.0. The number of nitrogens with one attached hydrogen (secondary N) is 1. The zero-order valence-corrected chi connectivity index (χ0v) is 34.8. The van der Waals surface area contributed by atoms with Crippen LogP contribution in [0.5, 0.6) is 0 Å². The second-order valence-corrected chi connectivity index (χ2v) is 16.4. The van der Waals surface area contributed by atoms with Crippen molar-refractivity contribution in [2.45, 2.75) is 31.6 Å². The summed E-state index contributed by atoms with van der Waals surface area (Å²) in [5.41, 5.74) is 9.69. The molecule has 304 valence electrons. The summed E-state index contributed by atoms with van der Waals surface area (Å²) in [6, 6.07) is 23.3. The number of anilines is 2. The van der Waals surface area contributed by atoms with E-state index in [-0.39, 0.29) is 17.8 Å². The van der Waals surface area contributed by atoms with Gasteiger partial charge in [-0.15, -0.1) is 22.7 Å². The van der Waals surface area contributed by atoms with Crippen LogP contribution in [-0.4, -0.2) is 111 Å². The Morgan fingerprint density at radius 3 is 1.69 bits per heavy atom. The van der Waals surface area contributed by atoms with Crippen LogP contribution in [0.4, 0.5) is 19.9 Å². The maximum absolute atomic E-state index is 12.7. The van der Waals surface area contributed by atoms with Crippen LogP contribution in [0, 0.1) is 0 Å². The van der Waals surface area contributed by atoms with E-state index in [1.165, 1.54) is 46.1 Å². The Morgan fingerprint density at radius 1 is 0.655 bits per heavy atom. The van der Waals surface area contributed by atoms with Crippen LogP contribution in [-0.2, 0) is 0 Å². The molecule has 1 saturated carbocycles. The van der Waals surface area contributed by atoms with Gasteiger partial charge >= 0.3 is 12.1 Å². The van der Waals surface area contributed by atoms with Crippen molar-refractivity contribution in [2.24, 2.45) is 0 Å². The predicted molar refractivity (Wildman–Crippen MR) is 230 cm³/mol. The third-order valence-electron chi connectivity index (χ3n) is 9.63. The Morgan fingerprint density at radius 2 is 1.17 bits per heavy atom. The van der Waals surface area contributed by atoms with Crippen LogP contribution < -0.4 is 11.1 Å². The van der Waals surface area contributed by atoms with E-state index in [2.05, 4.69) is 20.7 Å². The second-order valence-electron chi connectivity index (χ2n) is 13.8. The van der Waals surface area contributed by atoms with Crippen LogP contribution >= 0.6 is 45.9 Å². The number of thiazole rings is 2. The normalized spacial score (nSPS) is 15.5. The van der Waals surface area contributed by atoms with Gasteiger partial charge in [0.05, 0.1) is 11.4 Å². The Bertz CT molecular complexity index is 2150. The van der Waals surface area contributed by atoms with Gasteiger partial charge in [0.25, 0.3) is 11.8 Å². The Balaban J connectivity index is 0.000000171. The van der Waals surface area contributed by atoms with Gasteiger partial charge in [-0.05, 0) is 74.2 Å². The quantitative estimate of drug-likeness (QED) is 0.158. The van der Waals surface area contributed by atoms with Gasteiger partial charge in [0.2, 0.25) is 0 Å². The van der Waals surface area contributed by atoms with Crippen molar-refractivity contribution in [2.75, 3.05) is 63.4 Å². The molecule has 5 aromatic rings. The zero-order chi connectivity index (χ0) is 41.0. The van der Waals surface area contributed by atoms with Crippen LogP contribution in [0.2, 0.25) is 10.0 Å². The van der Waals surface area contributed by atoms with Crippen LogP contribution in [0.1, 0.15) is 58.0 Å². The molecule has 3 aromatic carbocycles. The van der Waals surface area contributed by atoms with E-state index in [0.717, 1.165) is 23.6 Å². The first-order valence-corrected chi connectivity index (χ1v) is 21.4. The highest BCUT2D eigenvalue weighted by molar-refractivity contribution is 7.14. The van der Waals surface area contributed by atoms with Gasteiger partial charge in [0, 0.05) is 95.8 Å². The standard InChI is InChI=1S/C22H21ClN4O2S.C13H15ClN2O3.C6H8N2S/c23-18-9-7-17(8-10-18)20(28)26-11-4-12-27(14-13-26)22(29)25-21-24-19(15-30-21)16-5-2-1-3-6-16;14-11-4-2-10(3-5-11)12(17)15-6-1-7-16(9-8-15)13(18)19;7-6-8-5(3-9-6)4-1-2-4/h1-3,5-10,15H,4,11-14H2,(H,24,25,29);2-5H,1,6-9H2,(H,18,19);3-4H,1-2H2,(H2,7,8). The lowest BCUT2D eigenvalue weighted by Crippen LogP contribution is -2.39. The van der Waals surface area contributed by atoms with Gasteiger partial charge in [0.1, 0.15) is 0 Å². The van der Waals surface area contributed by atoms with Crippen molar-refractivity contribution < 1.29 is 24.3 Å². The number of carboxylic acid groups (broad SMARTS) is 1. The number of aromatic nitrogens is 2. The summed E-state index contributed by atoms with van der Waals surface area (Å²) in [4.78, 5) is 63.8. The maximum Gasteiger partial charge on any atom is 0.407 e. The molecule has 17 heteroatoms. The van der Waals surface area contributed by atoms with Crippen molar-refractivity contribution in [3.8, 4) is 11.3 Å². The number of carbonyl (C=O) groups is 4. The van der Waals surface area contributed by atoms with Crippen molar-refractivity contribution in [3.63, 3.8) is 0 Å². The zero-order valence-electron chi connectivity index (χ0n) is 31.6. The summed E-state index contributed by atoms with van der Waals surface area (Å²) in [6.45, 7) is 3.99. The summed E-state index contributed by atoms with van der Waals surface area (Å²) in [7, 11) is 0. The van der Waals surface area contributed by atoms with Crippen LogP contribution in [0.15, 0.2) is 89.6 Å². The molecule has 0 spiro atoms. The first kappa shape index (κ1) is 42.4. The molecular weight excluding hydrogens is 820 g/mol. The largest absolute Gasteiger partial charge is 0.465 e. The van der Waals surface area contributed by atoms with Gasteiger partial charge in [0.15, 0.2) is 10.3 Å². The van der Waals surface area contributed by atoms with Crippen molar-refractivity contribution >= 4 is 80.1 Å². The molecule has 4 N–H and O–H groups in total. The van der Waals surface area contributed by atoms with Gasteiger partial charge in [-0.2, -0.15) is 0 Å². The third-order valence-corrected chi connectivity index (χ3v) is 11.6. The lowest BCUT2D eigenvalue weighted by Gasteiger charge is -2.22. The topological polar surface area (TPSA) is 165 Å². The molecule has 3 fully saturated rings. The van der Waals surface area contributed by atoms with Gasteiger partial charge in [-0.25, -0.2) is 19.6 Å². The van der Waals surface area contributed by atoms with E-state index in [1.54, 1.807) is 63.2 Å². The minimum Gasteiger partial charge on any atom is -0.465 e. The van der Waals surface area contributed by atoms with Crippen LogP contribution in [0.3, 0.4) is 0 Å². The van der Waals surface area contributed by atoms with Gasteiger partial charge in [-0.3, -0.25) is 14.9 Å². The number of hydrogen-bond acceptors (Lipinski definition) is 9. The SMILES string of the molecule is Nc1nc(C2CC2)cs1.O=C(Nc1nc(-c2ccccc2)cs1)N1CCCN(C(=O)c2ccc(Cl)cc2)CC1.O=C(O)N1CCCN(C(=O)c2ccc(Cl)cc2)CC1. The number of nitrogen functional groups attached to an aromatic ring is 1. The van der Waals surface area contributed by atoms with E-state index in [9.17, 15) is 19.2 Å². The molecule has 13 nitrogen and oxygen atoms in total. The number of nitrogens with zero attached hydrogens (tertiary/aromatic N) is 6. The Labute approximate surface area is 355 Å². The maximum atomic E-state index is 12.7. The first-order valence-electron chi connectivity index (χ1n) is 18.9. The molecule has 0 unspecified atom stereocenters. The monoisotopic (exact) mass is 862 g/mol. The molecule has 0 atom stereocenters. The highest BCUT2D eigenvalue weighted by Gasteiger charge is 2.26. The van der Waals surface area contributed by atoms with E-state index in [0.29, 0.717) is 90.2 Å². The van der Waals surface area contributed by atoms with Crippen molar-refractivity contribution in [3.05, 3.63) is 116 Å². The fourth-order valence-electron chi connectivity index (χ4n) is 6.30. The van der Waals surface area contributed by atoms with Crippen molar-refractivity contribution in [1.82, 2.24) is 29.6 Å². The summed E-state index contributed by atoms with van der Waals surface area (Å²) in [5.74, 6) is 0.629. The highest BCUT2D eigenvalue weighted by atomic mass is 35.5. The van der Waals surface area contributed by atoms with E-state index < -0.39 is 6.09 Å². The molecule has 1 aliphatic carbocycles. The molecule has 0 bridgehead atoms. The minimum absolute atomic E-state index is 0.0404. The average Bonchev–Trinajstić information content (AvgIpc) is 3.97. The smallest absolute Gasteiger partial charge is 0.407 e. The fourth-order valence-corrected chi connectivity index (χ4v) is 7.90. The molecule has 0 radical (unpaired) electrons. The molecule has 58 heavy (non-hydrogen) atoms. The number of hydrogen-bond donors (Lipinski definition) is 3. The molecule has 2 aromatic heterocycles. The van der Waals surface area contributed by atoms with Crippen molar-refractivity contribution in [1.29, 1.82) is 0 Å². The number of benzene rings is 3. The van der Waals surface area contributed by atoms with Crippen LogP contribution in [0.25, 0.3) is 11.3 Å². The molecule has 8 rings (SSSR count). The molecule has 3 aliphatic rings. The fraction of sp³-hybridized carbons (Fsp3) is 0.317. The molecular formula is C41H44Cl2N8O5S2. The minimum atomic E-state index is -0.930. The van der Waals surface area contributed by atoms with E-state index >= 15 is 0 Å². The van der Waals surface area contributed by atoms with Gasteiger partial charge < -0.3 is 30.4 Å². The summed E-state index contributed by atoms with van der Waals surface area (Å²) in [5, 5.41) is 18.3. The van der Waals surface area contributed by atoms with E-state index in [4.69, 9.17) is 34.0 Å². The number of amides is 5. The summed E-state index contributed by atoms with van der Waals surface area (Å²) < 4.78 is 0. The lowest BCUT2D eigenvalue weighted by atomic mass is 10.2. The average molecular weight is 864 g/mol. The number of urea groups is 1. The number of halogens is 2. The number of nitrogens with two attached hydrogens (primary N) is 1. The molecule has 4 heterocycles. The summed E-state index contributed by atoms with van der Waals surface area (Å²) in [6.07, 6.45) is 3.07.